The van der Waals surface area contributed by atoms with Crippen molar-refractivity contribution in [3.8, 4) is 11.1 Å². The van der Waals surface area contributed by atoms with Gasteiger partial charge in [-0.1, -0.05) is 18.2 Å². The Morgan fingerprint density at radius 3 is 2.61 bits per heavy atom. The molecule has 0 fully saturated rings. The van der Waals surface area contributed by atoms with Crippen LogP contribution in [0.25, 0.3) is 22.0 Å². The number of nitrogens with zero attached hydrogens (tertiary/aromatic N) is 4. The Hall–Kier alpha value is -4.59. The van der Waals surface area contributed by atoms with E-state index in [1.54, 1.807) is 22.9 Å². The van der Waals surface area contributed by atoms with Crippen LogP contribution in [0.5, 0.6) is 0 Å². The Balaban J connectivity index is 1.39. The van der Waals surface area contributed by atoms with Gasteiger partial charge in [0.15, 0.2) is 0 Å². The van der Waals surface area contributed by atoms with Crippen molar-refractivity contribution in [3.05, 3.63) is 96.8 Å². The SMILES string of the molecule is Cn1cc(-c2ccc3c(Nc4cccc(NC(=O)c5cccc(F)c5)c4)ncnc3c2)cn1. The normalized spacial score (nSPS) is 10.8. The average molecular weight is 438 g/mol. The molecule has 0 saturated carbocycles. The van der Waals surface area contributed by atoms with Gasteiger partial charge >= 0.3 is 0 Å². The molecule has 0 unspecified atom stereocenters. The number of halogens is 1. The van der Waals surface area contributed by atoms with Gasteiger partial charge in [-0.2, -0.15) is 5.10 Å². The fraction of sp³-hybridized carbons (Fsp3) is 0.0400. The fourth-order valence-corrected chi connectivity index (χ4v) is 3.55. The Labute approximate surface area is 188 Å². The molecule has 3 aromatic carbocycles. The summed E-state index contributed by atoms with van der Waals surface area (Å²) in [5.74, 6) is -0.200. The summed E-state index contributed by atoms with van der Waals surface area (Å²) < 4.78 is 15.2. The van der Waals surface area contributed by atoms with E-state index in [-0.39, 0.29) is 11.5 Å². The molecule has 33 heavy (non-hydrogen) atoms. The van der Waals surface area contributed by atoms with Gasteiger partial charge in [0.2, 0.25) is 0 Å². The van der Waals surface area contributed by atoms with E-state index in [1.807, 2.05) is 49.8 Å². The lowest BCUT2D eigenvalue weighted by Crippen LogP contribution is -2.12. The smallest absolute Gasteiger partial charge is 0.255 e. The quantitative estimate of drug-likeness (QED) is 0.396. The van der Waals surface area contributed by atoms with Crippen molar-refractivity contribution < 1.29 is 9.18 Å². The topological polar surface area (TPSA) is 84.7 Å². The molecule has 5 rings (SSSR count). The number of nitrogens with one attached hydrogen (secondary N) is 2. The molecular weight excluding hydrogens is 419 g/mol. The van der Waals surface area contributed by atoms with Crippen LogP contribution in [-0.4, -0.2) is 25.7 Å². The fourth-order valence-electron chi connectivity index (χ4n) is 3.55. The Morgan fingerprint density at radius 1 is 0.939 bits per heavy atom. The highest BCUT2D eigenvalue weighted by Crippen LogP contribution is 2.28. The number of anilines is 3. The van der Waals surface area contributed by atoms with Crippen molar-refractivity contribution in [2.75, 3.05) is 10.6 Å². The molecule has 0 bridgehead atoms. The van der Waals surface area contributed by atoms with E-state index >= 15 is 0 Å². The third-order valence-corrected chi connectivity index (χ3v) is 5.14. The molecule has 0 saturated heterocycles. The molecule has 1 amide bonds. The van der Waals surface area contributed by atoms with Gasteiger partial charge in [-0.15, -0.1) is 0 Å². The van der Waals surface area contributed by atoms with Crippen molar-refractivity contribution >= 4 is 34.0 Å². The summed E-state index contributed by atoms with van der Waals surface area (Å²) >= 11 is 0. The summed E-state index contributed by atoms with van der Waals surface area (Å²) in [6.45, 7) is 0. The van der Waals surface area contributed by atoms with Gasteiger partial charge in [0.25, 0.3) is 5.91 Å². The summed E-state index contributed by atoms with van der Waals surface area (Å²) in [7, 11) is 1.88. The second-order valence-corrected chi connectivity index (χ2v) is 7.53. The summed E-state index contributed by atoms with van der Waals surface area (Å²) in [5, 5.41) is 11.2. The number of hydrogen-bond acceptors (Lipinski definition) is 5. The zero-order chi connectivity index (χ0) is 22.8. The second-order valence-electron chi connectivity index (χ2n) is 7.53. The van der Waals surface area contributed by atoms with Gasteiger partial charge in [0.05, 0.1) is 11.7 Å². The van der Waals surface area contributed by atoms with Gasteiger partial charge in [0, 0.05) is 41.1 Å². The molecule has 2 N–H and O–H groups in total. The maximum atomic E-state index is 13.4. The van der Waals surface area contributed by atoms with E-state index in [2.05, 4.69) is 25.7 Å². The van der Waals surface area contributed by atoms with E-state index in [1.165, 1.54) is 24.5 Å². The van der Waals surface area contributed by atoms with Crippen LogP contribution in [-0.2, 0) is 7.05 Å². The first kappa shape index (κ1) is 20.3. The Kier molecular flexibility index (Phi) is 5.24. The lowest BCUT2D eigenvalue weighted by molar-refractivity contribution is 0.102. The minimum absolute atomic E-state index is 0.250. The van der Waals surface area contributed by atoms with Crippen LogP contribution in [0.15, 0.2) is 85.5 Å². The molecule has 0 radical (unpaired) electrons. The number of aromatic nitrogens is 4. The number of fused-ring (bicyclic) bond motifs is 1. The predicted octanol–water partition coefficient (Wildman–Crippen LogP) is 5.17. The largest absolute Gasteiger partial charge is 0.340 e. The maximum Gasteiger partial charge on any atom is 0.255 e. The molecule has 0 aliphatic heterocycles. The molecule has 7 nitrogen and oxygen atoms in total. The highest BCUT2D eigenvalue weighted by molar-refractivity contribution is 6.04. The minimum Gasteiger partial charge on any atom is -0.340 e. The zero-order valence-corrected chi connectivity index (χ0v) is 17.7. The number of benzene rings is 3. The molecular formula is C25H19FN6O. The lowest BCUT2D eigenvalue weighted by atomic mass is 10.1. The molecule has 5 aromatic rings. The summed E-state index contributed by atoms with van der Waals surface area (Å²) in [6, 6.07) is 18.8. The first-order valence-corrected chi connectivity index (χ1v) is 10.2. The molecule has 2 heterocycles. The first-order chi connectivity index (χ1) is 16.0. The average Bonchev–Trinajstić information content (AvgIpc) is 3.25. The molecule has 0 aliphatic carbocycles. The molecule has 0 atom stereocenters. The molecule has 0 aliphatic rings. The van der Waals surface area contributed by atoms with Crippen molar-refractivity contribution in [3.63, 3.8) is 0 Å². The third-order valence-electron chi connectivity index (χ3n) is 5.14. The Morgan fingerprint density at radius 2 is 1.79 bits per heavy atom. The zero-order valence-electron chi connectivity index (χ0n) is 17.7. The third kappa shape index (κ3) is 4.40. The molecule has 162 valence electrons. The standard InChI is InChI=1S/C25H19FN6O/c1-32-14-18(13-29-32)16-8-9-22-23(11-16)27-15-28-24(22)30-20-6-3-7-21(12-20)31-25(33)17-4-2-5-19(26)10-17/h2-15H,1H3,(H,31,33)(H,27,28,30). The van der Waals surface area contributed by atoms with E-state index in [0.29, 0.717) is 11.5 Å². The summed E-state index contributed by atoms with van der Waals surface area (Å²) in [5.41, 5.74) is 4.38. The van der Waals surface area contributed by atoms with E-state index in [9.17, 15) is 9.18 Å². The van der Waals surface area contributed by atoms with Gasteiger partial charge in [-0.3, -0.25) is 9.48 Å². The van der Waals surface area contributed by atoms with Crippen LogP contribution < -0.4 is 10.6 Å². The number of hydrogen-bond donors (Lipinski definition) is 2. The number of carbonyl (C=O) groups is 1. The van der Waals surface area contributed by atoms with Crippen LogP contribution in [0.3, 0.4) is 0 Å². The summed E-state index contributed by atoms with van der Waals surface area (Å²) in [6.07, 6.45) is 5.27. The lowest BCUT2D eigenvalue weighted by Gasteiger charge is -2.11. The number of carbonyl (C=O) groups excluding carboxylic acids is 1. The van der Waals surface area contributed by atoms with E-state index < -0.39 is 5.82 Å². The Bertz CT molecular complexity index is 1480. The highest BCUT2D eigenvalue weighted by atomic mass is 19.1. The number of aryl methyl sites for hydroxylation is 1. The number of rotatable bonds is 5. The van der Waals surface area contributed by atoms with Gasteiger partial charge in [-0.25, -0.2) is 14.4 Å². The summed E-state index contributed by atoms with van der Waals surface area (Å²) in [4.78, 5) is 21.2. The predicted molar refractivity (Wildman–Crippen MR) is 126 cm³/mol. The highest BCUT2D eigenvalue weighted by Gasteiger charge is 2.10. The van der Waals surface area contributed by atoms with Gasteiger partial charge < -0.3 is 10.6 Å². The number of amides is 1. The minimum atomic E-state index is -0.458. The van der Waals surface area contributed by atoms with Crippen LogP contribution in [0.1, 0.15) is 10.4 Å². The second kappa shape index (κ2) is 8.51. The van der Waals surface area contributed by atoms with Crippen LogP contribution in [0, 0.1) is 5.82 Å². The maximum absolute atomic E-state index is 13.4. The molecule has 0 spiro atoms. The van der Waals surface area contributed by atoms with Crippen molar-refractivity contribution in [1.29, 1.82) is 0 Å². The molecule has 2 aromatic heterocycles. The van der Waals surface area contributed by atoms with Crippen molar-refractivity contribution in [1.82, 2.24) is 19.7 Å². The van der Waals surface area contributed by atoms with Crippen LogP contribution >= 0.6 is 0 Å². The van der Waals surface area contributed by atoms with Crippen molar-refractivity contribution in [2.24, 2.45) is 7.05 Å². The molecule has 8 heteroatoms. The van der Waals surface area contributed by atoms with Crippen LogP contribution in [0.4, 0.5) is 21.6 Å². The van der Waals surface area contributed by atoms with Gasteiger partial charge in [-0.05, 0) is 54.1 Å². The van der Waals surface area contributed by atoms with Gasteiger partial charge in [0.1, 0.15) is 18.0 Å². The first-order valence-electron chi connectivity index (χ1n) is 10.2. The van der Waals surface area contributed by atoms with E-state index in [0.717, 1.165) is 27.7 Å². The van der Waals surface area contributed by atoms with Crippen molar-refractivity contribution in [2.45, 2.75) is 0 Å². The monoisotopic (exact) mass is 438 g/mol. The van der Waals surface area contributed by atoms with Crippen LogP contribution in [0.2, 0.25) is 0 Å². The van der Waals surface area contributed by atoms with E-state index in [4.69, 9.17) is 0 Å².